The van der Waals surface area contributed by atoms with Gasteiger partial charge in [0.05, 0.1) is 0 Å². The molecule has 0 unspecified atom stereocenters. The van der Waals surface area contributed by atoms with E-state index in [1.165, 1.54) is 10.5 Å². The largest absolute Gasteiger partial charge is 0.355 e. The molecule has 2 aromatic heterocycles. The van der Waals surface area contributed by atoms with Crippen molar-refractivity contribution in [2.24, 2.45) is 0 Å². The minimum absolute atomic E-state index is 0.174. The monoisotopic (exact) mass is 458 g/mol. The molecule has 0 fully saturated rings. The molecule has 6 nitrogen and oxygen atoms in total. The van der Waals surface area contributed by atoms with E-state index in [1.54, 1.807) is 24.5 Å². The molecule has 0 amide bonds. The first-order valence-corrected chi connectivity index (χ1v) is 12.1. The molecule has 0 aliphatic rings. The Labute approximate surface area is 195 Å². The van der Waals surface area contributed by atoms with Gasteiger partial charge in [0, 0.05) is 45.3 Å². The summed E-state index contributed by atoms with van der Waals surface area (Å²) in [7, 11) is -1.84. The van der Waals surface area contributed by atoms with Crippen LogP contribution in [0.25, 0.3) is 0 Å². The highest BCUT2D eigenvalue weighted by Gasteiger charge is 2.25. The van der Waals surface area contributed by atoms with Crippen LogP contribution >= 0.6 is 0 Å². The van der Waals surface area contributed by atoms with Crippen LogP contribution in [0.3, 0.4) is 0 Å². The summed E-state index contributed by atoms with van der Waals surface area (Å²) in [4.78, 5) is 10.7. The Hall–Kier alpha value is -3.55. The average Bonchev–Trinajstić information content (AvgIpc) is 2.85. The first-order chi connectivity index (χ1) is 16.0. The van der Waals surface area contributed by atoms with Crippen molar-refractivity contribution in [3.8, 4) is 0 Å². The third-order valence-electron chi connectivity index (χ3n) is 5.30. The Kier molecular flexibility index (Phi) is 7.12. The molecule has 2 heterocycles. The lowest BCUT2D eigenvalue weighted by molar-refractivity contribution is 0.401. The molecular weight excluding hydrogens is 432 g/mol. The number of aromatic nitrogens is 2. The fourth-order valence-corrected chi connectivity index (χ4v) is 4.91. The molecule has 0 aliphatic carbocycles. The number of anilines is 1. The summed E-state index contributed by atoms with van der Waals surface area (Å²) in [5, 5.41) is 0. The number of nitrogens with zero attached hydrogens (tertiary/aromatic N) is 4. The summed E-state index contributed by atoms with van der Waals surface area (Å²) in [5.74, 6) is 0.690. The smallest absolute Gasteiger partial charge is 0.245 e. The molecule has 7 heteroatoms. The third kappa shape index (κ3) is 5.83. The van der Waals surface area contributed by atoms with Crippen LogP contribution in [0.5, 0.6) is 0 Å². The third-order valence-corrected chi connectivity index (χ3v) is 7.07. The van der Waals surface area contributed by atoms with E-state index < -0.39 is 10.0 Å². The average molecular weight is 459 g/mol. The Morgan fingerprint density at radius 3 is 1.82 bits per heavy atom. The second-order valence-electron chi connectivity index (χ2n) is 7.81. The Balaban J connectivity index is 1.57. The molecule has 0 N–H and O–H groups in total. The number of sulfonamides is 1. The second-order valence-corrected chi connectivity index (χ2v) is 9.75. The molecule has 0 bridgehead atoms. The number of benzene rings is 2. The van der Waals surface area contributed by atoms with Crippen LogP contribution in [0.15, 0.2) is 108 Å². The highest BCUT2D eigenvalue weighted by molar-refractivity contribution is 7.89. The van der Waals surface area contributed by atoms with Gasteiger partial charge in [-0.25, -0.2) is 13.4 Å². The first kappa shape index (κ1) is 22.6. The lowest BCUT2D eigenvalue weighted by atomic mass is 10.2. The quantitative estimate of drug-likeness (QED) is 0.369. The van der Waals surface area contributed by atoms with Crippen LogP contribution < -0.4 is 4.90 Å². The molecule has 2 aromatic carbocycles. The van der Waals surface area contributed by atoms with Crippen LogP contribution in [0.4, 0.5) is 5.82 Å². The molecule has 0 saturated carbocycles. The van der Waals surface area contributed by atoms with E-state index >= 15 is 0 Å². The minimum Gasteiger partial charge on any atom is -0.355 e. The van der Waals surface area contributed by atoms with Gasteiger partial charge in [-0.05, 0) is 34.9 Å². The van der Waals surface area contributed by atoms with Crippen molar-refractivity contribution in [2.45, 2.75) is 24.5 Å². The molecule has 33 heavy (non-hydrogen) atoms. The fourth-order valence-electron chi connectivity index (χ4n) is 3.55. The van der Waals surface area contributed by atoms with Gasteiger partial charge in [0.1, 0.15) is 10.7 Å². The zero-order valence-electron chi connectivity index (χ0n) is 18.4. The zero-order valence-corrected chi connectivity index (χ0v) is 19.3. The van der Waals surface area contributed by atoms with Crippen LogP contribution in [-0.2, 0) is 29.7 Å². The summed E-state index contributed by atoms with van der Waals surface area (Å²) in [6.45, 7) is 1.18. The van der Waals surface area contributed by atoms with Crippen LogP contribution in [0.2, 0.25) is 0 Å². The van der Waals surface area contributed by atoms with Crippen molar-refractivity contribution in [3.63, 3.8) is 0 Å². The molecule has 0 aliphatic heterocycles. The van der Waals surface area contributed by atoms with Crippen LogP contribution in [0.1, 0.15) is 16.7 Å². The molecule has 0 saturated heterocycles. The summed E-state index contributed by atoms with van der Waals surface area (Å²) < 4.78 is 28.6. The Bertz CT molecular complexity index is 1210. The molecular formula is C26H26N4O2S. The Morgan fingerprint density at radius 2 is 1.30 bits per heavy atom. The maximum Gasteiger partial charge on any atom is 0.245 e. The van der Waals surface area contributed by atoms with Crippen LogP contribution in [-0.4, -0.2) is 29.7 Å². The van der Waals surface area contributed by atoms with Crippen molar-refractivity contribution >= 4 is 15.8 Å². The standard InChI is InChI=1S/C26H26N4O2S/c1-29(19-24-13-8-16-27-17-24)26-15-14-25(18-28-26)33(31,32)30(20-22-9-4-2-5-10-22)21-23-11-6-3-7-12-23/h2-18H,19-21H2,1H3. The van der Waals surface area contributed by atoms with E-state index in [0.29, 0.717) is 12.4 Å². The van der Waals surface area contributed by atoms with Gasteiger partial charge in [0.25, 0.3) is 0 Å². The van der Waals surface area contributed by atoms with Crippen molar-refractivity contribution in [2.75, 3.05) is 11.9 Å². The SMILES string of the molecule is CN(Cc1cccnc1)c1ccc(S(=O)(=O)N(Cc2ccccc2)Cc2ccccc2)cn1. The molecule has 4 aromatic rings. The van der Waals surface area contributed by atoms with Gasteiger partial charge in [0.2, 0.25) is 10.0 Å². The van der Waals surface area contributed by atoms with Gasteiger partial charge in [-0.2, -0.15) is 4.31 Å². The minimum atomic E-state index is -3.76. The highest BCUT2D eigenvalue weighted by atomic mass is 32.2. The fraction of sp³-hybridized carbons (Fsp3) is 0.154. The maximum absolute atomic E-state index is 13.6. The Morgan fingerprint density at radius 1 is 0.697 bits per heavy atom. The first-order valence-electron chi connectivity index (χ1n) is 10.7. The maximum atomic E-state index is 13.6. The summed E-state index contributed by atoms with van der Waals surface area (Å²) in [6.07, 6.45) is 4.98. The van der Waals surface area contributed by atoms with Crippen molar-refractivity contribution in [1.82, 2.24) is 14.3 Å². The molecule has 0 atom stereocenters. The number of rotatable bonds is 9. The van der Waals surface area contributed by atoms with Gasteiger partial charge in [-0.3, -0.25) is 4.98 Å². The normalized spacial score (nSPS) is 11.5. The van der Waals surface area contributed by atoms with Gasteiger partial charge >= 0.3 is 0 Å². The van der Waals surface area contributed by atoms with E-state index in [9.17, 15) is 8.42 Å². The van der Waals surface area contributed by atoms with Crippen molar-refractivity contribution in [3.05, 3.63) is 120 Å². The summed E-state index contributed by atoms with van der Waals surface area (Å²) in [6, 6.07) is 26.5. The van der Waals surface area contributed by atoms with Gasteiger partial charge in [-0.1, -0.05) is 66.7 Å². The molecule has 0 radical (unpaired) electrons. The van der Waals surface area contributed by atoms with Crippen LogP contribution in [0, 0.1) is 0 Å². The molecule has 4 rings (SSSR count). The zero-order chi connectivity index (χ0) is 23.1. The second kappa shape index (κ2) is 10.4. The predicted molar refractivity (Wildman–Crippen MR) is 130 cm³/mol. The summed E-state index contributed by atoms with van der Waals surface area (Å²) >= 11 is 0. The van der Waals surface area contributed by atoms with Crippen molar-refractivity contribution in [1.29, 1.82) is 0 Å². The van der Waals surface area contributed by atoms with E-state index in [-0.39, 0.29) is 18.0 Å². The number of hydrogen-bond donors (Lipinski definition) is 0. The highest BCUT2D eigenvalue weighted by Crippen LogP contribution is 2.22. The molecule has 0 spiro atoms. The topological polar surface area (TPSA) is 66.4 Å². The van der Waals surface area contributed by atoms with E-state index in [2.05, 4.69) is 9.97 Å². The van der Waals surface area contributed by atoms with E-state index in [4.69, 9.17) is 0 Å². The van der Waals surface area contributed by atoms with Crippen molar-refractivity contribution < 1.29 is 8.42 Å². The number of pyridine rings is 2. The van der Waals surface area contributed by atoms with Gasteiger partial charge in [-0.15, -0.1) is 0 Å². The number of hydrogen-bond acceptors (Lipinski definition) is 5. The lowest BCUT2D eigenvalue weighted by Gasteiger charge is -2.23. The van der Waals surface area contributed by atoms with E-state index in [0.717, 1.165) is 16.7 Å². The summed E-state index contributed by atoms with van der Waals surface area (Å²) in [5.41, 5.74) is 2.91. The predicted octanol–water partition coefficient (Wildman–Crippen LogP) is 4.50. The lowest BCUT2D eigenvalue weighted by Crippen LogP contribution is -2.30. The molecule has 168 valence electrons. The van der Waals surface area contributed by atoms with Gasteiger partial charge < -0.3 is 4.90 Å². The van der Waals surface area contributed by atoms with E-state index in [1.807, 2.05) is 84.7 Å². The van der Waals surface area contributed by atoms with Gasteiger partial charge in [0.15, 0.2) is 0 Å².